The number of nitrogens with two attached hydrogens (primary N) is 2. The number of thiophene rings is 5. The van der Waals surface area contributed by atoms with E-state index in [-0.39, 0.29) is 0 Å². The number of carboxylic acids is 2. The molecule has 0 saturated heterocycles. The minimum atomic E-state index is -0.913. The van der Waals surface area contributed by atoms with Crippen molar-refractivity contribution in [2.45, 2.75) is 26.7 Å². The number of aromatic carboxylic acids is 2. The Balaban J connectivity index is 0.00000172. The minimum absolute atomic E-state index is 0.325. The van der Waals surface area contributed by atoms with Crippen molar-refractivity contribution in [1.82, 2.24) is 0 Å². The smallest absolute Gasteiger partial charge is 0.345 e. The van der Waals surface area contributed by atoms with Crippen LogP contribution in [0.1, 0.15) is 44.3 Å². The molecule has 0 aromatic carbocycles. The summed E-state index contributed by atoms with van der Waals surface area (Å²) in [5.41, 5.74) is 14.2. The second-order valence-corrected chi connectivity index (χ2v) is 13.5. The summed E-state index contributed by atoms with van der Waals surface area (Å²) in [6, 6.07) is 15.5. The zero-order chi connectivity index (χ0) is 28.1. The van der Waals surface area contributed by atoms with Crippen molar-refractivity contribution in [2.75, 3.05) is 13.1 Å². The maximum atomic E-state index is 11.3. The Morgan fingerprint density at radius 1 is 0.590 bits per heavy atom. The Hall–Kier alpha value is -2.64. The lowest BCUT2D eigenvalue weighted by Gasteiger charge is -2.00. The zero-order valence-corrected chi connectivity index (χ0v) is 25.4. The first-order chi connectivity index (χ1) is 18.9. The summed E-state index contributed by atoms with van der Waals surface area (Å²) in [6.45, 7) is 5.06. The lowest BCUT2D eigenvalue weighted by Crippen LogP contribution is -2.02. The van der Waals surface area contributed by atoms with E-state index in [9.17, 15) is 19.8 Å². The van der Waals surface area contributed by atoms with Crippen LogP contribution >= 0.6 is 56.7 Å². The van der Waals surface area contributed by atoms with Crippen LogP contribution in [0.2, 0.25) is 0 Å². The van der Waals surface area contributed by atoms with E-state index in [4.69, 9.17) is 11.5 Å². The lowest BCUT2D eigenvalue weighted by atomic mass is 10.1. The van der Waals surface area contributed by atoms with Gasteiger partial charge in [-0.15, -0.1) is 56.7 Å². The van der Waals surface area contributed by atoms with Crippen LogP contribution in [0.5, 0.6) is 0 Å². The number of carbonyl (C=O) groups is 2. The predicted octanol–water partition coefficient (Wildman–Crippen LogP) is 8.09. The number of hydrogen-bond donors (Lipinski definition) is 4. The van der Waals surface area contributed by atoms with Crippen LogP contribution in [-0.4, -0.2) is 35.2 Å². The van der Waals surface area contributed by atoms with Gasteiger partial charge in [-0.3, -0.25) is 0 Å². The maximum Gasteiger partial charge on any atom is 0.345 e. The van der Waals surface area contributed by atoms with E-state index in [1.54, 1.807) is 46.1 Å². The van der Waals surface area contributed by atoms with Gasteiger partial charge in [0.05, 0.1) is 0 Å². The van der Waals surface area contributed by atoms with Crippen LogP contribution in [0.25, 0.3) is 39.0 Å². The van der Waals surface area contributed by atoms with Crippen molar-refractivity contribution < 1.29 is 19.8 Å². The van der Waals surface area contributed by atoms with Crippen LogP contribution in [0.3, 0.4) is 0 Å². The molecule has 204 valence electrons. The van der Waals surface area contributed by atoms with Crippen LogP contribution in [-0.2, 0) is 12.8 Å². The summed E-state index contributed by atoms with van der Waals surface area (Å²) in [7, 11) is 0. The van der Waals surface area contributed by atoms with Gasteiger partial charge in [-0.05, 0) is 85.6 Å². The summed E-state index contributed by atoms with van der Waals surface area (Å²) < 4.78 is 0. The highest BCUT2D eigenvalue weighted by Crippen LogP contribution is 2.47. The Morgan fingerprint density at radius 2 is 0.974 bits per heavy atom. The quantitative estimate of drug-likeness (QED) is 0.126. The highest BCUT2D eigenvalue weighted by Gasteiger charge is 2.20. The molecule has 5 heterocycles. The predicted molar refractivity (Wildman–Crippen MR) is 168 cm³/mol. The highest BCUT2D eigenvalue weighted by molar-refractivity contribution is 7.30. The summed E-state index contributed by atoms with van der Waals surface area (Å²) in [4.78, 5) is 31.9. The fraction of sp³-hybridized carbons (Fsp3) is 0.214. The molecule has 5 aromatic heterocycles. The van der Waals surface area contributed by atoms with E-state index < -0.39 is 11.9 Å². The molecule has 5 rings (SSSR count). The third kappa shape index (κ3) is 6.41. The van der Waals surface area contributed by atoms with Gasteiger partial charge in [-0.1, -0.05) is 13.8 Å². The van der Waals surface area contributed by atoms with E-state index >= 15 is 0 Å². The Bertz CT molecular complexity index is 1470. The summed E-state index contributed by atoms with van der Waals surface area (Å²) in [5.74, 6) is -1.83. The second kappa shape index (κ2) is 13.1. The molecule has 0 aliphatic carbocycles. The number of carboxylic acid groups (broad SMARTS) is 2. The van der Waals surface area contributed by atoms with Crippen molar-refractivity contribution in [3.63, 3.8) is 0 Å². The van der Waals surface area contributed by atoms with E-state index in [1.165, 1.54) is 22.7 Å². The molecule has 6 nitrogen and oxygen atoms in total. The molecule has 0 atom stereocenters. The normalized spacial score (nSPS) is 10.9. The summed E-state index contributed by atoms with van der Waals surface area (Å²) >= 11 is 7.60. The Labute approximate surface area is 246 Å². The van der Waals surface area contributed by atoms with Gasteiger partial charge in [0.1, 0.15) is 9.75 Å². The first kappa shape index (κ1) is 29.3. The van der Waals surface area contributed by atoms with Crippen molar-refractivity contribution in [3.8, 4) is 39.0 Å². The third-order valence-corrected chi connectivity index (χ3v) is 12.0. The fourth-order valence-electron chi connectivity index (χ4n) is 3.95. The first-order valence-electron chi connectivity index (χ1n) is 12.3. The fourth-order valence-corrected chi connectivity index (χ4v) is 9.52. The van der Waals surface area contributed by atoms with Gasteiger partial charge >= 0.3 is 11.9 Å². The molecule has 0 spiro atoms. The van der Waals surface area contributed by atoms with Crippen molar-refractivity contribution in [1.29, 1.82) is 0 Å². The van der Waals surface area contributed by atoms with Gasteiger partial charge in [0.25, 0.3) is 0 Å². The van der Waals surface area contributed by atoms with Gasteiger partial charge < -0.3 is 21.7 Å². The molecule has 6 N–H and O–H groups in total. The molecule has 39 heavy (non-hydrogen) atoms. The molecule has 0 saturated carbocycles. The summed E-state index contributed by atoms with van der Waals surface area (Å²) in [6.07, 6.45) is 1.48. The van der Waals surface area contributed by atoms with Crippen LogP contribution < -0.4 is 11.5 Å². The molecule has 0 bridgehead atoms. The number of rotatable bonds is 10. The molecule has 0 aliphatic heterocycles. The molecular formula is C28H28N2O4S5. The van der Waals surface area contributed by atoms with Crippen LogP contribution in [0, 0.1) is 0 Å². The van der Waals surface area contributed by atoms with Gasteiger partial charge in [-0.25, -0.2) is 9.59 Å². The minimum Gasteiger partial charge on any atom is -0.477 e. The van der Waals surface area contributed by atoms with Gasteiger partial charge in [0, 0.05) is 39.0 Å². The molecule has 0 aliphatic rings. The number of hydrogen-bond acceptors (Lipinski definition) is 9. The van der Waals surface area contributed by atoms with Crippen LogP contribution in [0.4, 0.5) is 0 Å². The van der Waals surface area contributed by atoms with E-state index in [0.717, 1.165) is 63.0 Å². The maximum absolute atomic E-state index is 11.3. The molecule has 0 unspecified atom stereocenters. The molecule has 0 amide bonds. The first-order valence-corrected chi connectivity index (χ1v) is 16.4. The molecular weight excluding hydrogens is 589 g/mol. The monoisotopic (exact) mass is 616 g/mol. The topological polar surface area (TPSA) is 127 Å². The van der Waals surface area contributed by atoms with E-state index in [1.807, 2.05) is 26.0 Å². The standard InChI is InChI=1S/C26H22N2O4S5.C2H6/c27-9-7-13-11-21(15-1-5-19(33-15)25(29)30)36-23(13)17-3-4-18(35-17)24-14(8-10-28)12-22(37-24)16-2-6-20(34-16)26(31)32;1-2/h1-6,11-12H,7-10,27-28H2,(H,29,30)(H,31,32);1-2H3. The molecule has 5 aromatic rings. The van der Waals surface area contributed by atoms with E-state index in [2.05, 4.69) is 24.3 Å². The lowest BCUT2D eigenvalue weighted by molar-refractivity contribution is 0.0691. The van der Waals surface area contributed by atoms with Gasteiger partial charge in [0.2, 0.25) is 0 Å². The van der Waals surface area contributed by atoms with Crippen molar-refractivity contribution >= 4 is 68.6 Å². The van der Waals surface area contributed by atoms with Crippen LogP contribution in [0.15, 0.2) is 48.5 Å². The largest absolute Gasteiger partial charge is 0.477 e. The highest BCUT2D eigenvalue weighted by atomic mass is 32.1. The second-order valence-electron chi connectivity index (χ2n) is 8.11. The Morgan fingerprint density at radius 3 is 1.31 bits per heavy atom. The molecule has 11 heteroatoms. The van der Waals surface area contributed by atoms with E-state index in [0.29, 0.717) is 22.8 Å². The molecule has 0 radical (unpaired) electrons. The molecule has 0 fully saturated rings. The average molecular weight is 617 g/mol. The van der Waals surface area contributed by atoms with Crippen molar-refractivity contribution in [2.24, 2.45) is 11.5 Å². The third-order valence-electron chi connectivity index (χ3n) is 5.62. The Kier molecular flexibility index (Phi) is 9.89. The zero-order valence-electron chi connectivity index (χ0n) is 21.4. The van der Waals surface area contributed by atoms with Crippen molar-refractivity contribution in [3.05, 3.63) is 69.4 Å². The SMILES string of the molecule is CC.NCCc1cc(-c2ccc(C(=O)O)s2)sc1-c1ccc(-c2sc(-c3ccc(C(=O)O)s3)cc2CCN)s1. The van der Waals surface area contributed by atoms with Gasteiger partial charge in [0.15, 0.2) is 0 Å². The van der Waals surface area contributed by atoms with Gasteiger partial charge in [-0.2, -0.15) is 0 Å². The summed E-state index contributed by atoms with van der Waals surface area (Å²) in [5, 5.41) is 18.6. The average Bonchev–Trinajstić information content (AvgIpc) is 3.74.